The number of aliphatic hydroxyl groups excluding tert-OH is 6. The van der Waals surface area contributed by atoms with Gasteiger partial charge in [-0.25, -0.2) is 4.18 Å². The van der Waals surface area contributed by atoms with Crippen molar-refractivity contribution in [2.24, 2.45) is 58.2 Å². The molecule has 18 atom stereocenters. The first-order valence-electron chi connectivity index (χ1n) is 18.4. The lowest BCUT2D eigenvalue weighted by Crippen LogP contribution is -2.64. The Bertz CT molecular complexity index is 1220. The molecule has 1 aliphatic heterocycles. The standard InChI is InChI=1S/C35H62O13S/c1-17(2)19(11-14-46-33-32(41)29(38)24(45-6)16-47-33)8-7-18(3)25-30(39)31(40)26-20-15-23(48-49(42,43)44)27-28(37)22(36)10-13-34(27,4)21(20)9-12-35(25,26)5/h17-33,36-41H,7-16H2,1-6H3,(H,42,43,44)/t18?,19-,20+,21?,22-,23?,24+,25?,26?,27?,28-,29-,30+,31?,32+,33+,34+,35+/m0/s1. The van der Waals surface area contributed by atoms with Gasteiger partial charge < -0.3 is 44.8 Å². The highest BCUT2D eigenvalue weighted by atomic mass is 32.3. The molecule has 0 radical (unpaired) electrons. The summed E-state index contributed by atoms with van der Waals surface area (Å²) in [7, 11) is -3.41. The maximum atomic E-state index is 12.0. The molecule has 14 heteroatoms. The second kappa shape index (κ2) is 15.1. The summed E-state index contributed by atoms with van der Waals surface area (Å²) in [6.07, 6.45) is -4.16. The molecule has 4 aliphatic carbocycles. The fraction of sp³-hybridized carbons (Fsp3) is 1.00. The molecule has 0 bridgehead atoms. The molecule has 5 aliphatic rings. The minimum atomic E-state index is -4.86. The molecule has 0 aromatic carbocycles. The average molecular weight is 723 g/mol. The molecule has 1 saturated heterocycles. The Balaban J connectivity index is 1.27. The van der Waals surface area contributed by atoms with Crippen LogP contribution in [0.3, 0.4) is 0 Å². The van der Waals surface area contributed by atoms with Gasteiger partial charge in [0.1, 0.15) is 18.3 Å². The molecule has 5 rings (SSSR count). The van der Waals surface area contributed by atoms with Crippen LogP contribution in [0.4, 0.5) is 0 Å². The predicted molar refractivity (Wildman–Crippen MR) is 177 cm³/mol. The molecule has 4 saturated carbocycles. The van der Waals surface area contributed by atoms with Gasteiger partial charge in [-0.3, -0.25) is 4.55 Å². The van der Waals surface area contributed by atoms with Gasteiger partial charge in [0, 0.05) is 13.0 Å². The fourth-order valence-corrected chi connectivity index (χ4v) is 12.2. The molecule has 0 aromatic rings. The van der Waals surface area contributed by atoms with Crippen LogP contribution in [0.2, 0.25) is 0 Å². The fourth-order valence-electron chi connectivity index (χ4n) is 11.6. The lowest BCUT2D eigenvalue weighted by atomic mass is 9.43. The van der Waals surface area contributed by atoms with Gasteiger partial charge in [-0.1, -0.05) is 41.0 Å². The normalized spacial score (nSPS) is 48.4. The van der Waals surface area contributed by atoms with Crippen LogP contribution < -0.4 is 0 Å². The van der Waals surface area contributed by atoms with E-state index in [4.69, 9.17) is 18.4 Å². The summed E-state index contributed by atoms with van der Waals surface area (Å²) >= 11 is 0. The van der Waals surface area contributed by atoms with E-state index in [1.165, 1.54) is 7.11 Å². The van der Waals surface area contributed by atoms with Crippen molar-refractivity contribution < 1.29 is 62.0 Å². The smallest absolute Gasteiger partial charge is 0.390 e. The largest absolute Gasteiger partial charge is 0.397 e. The molecule has 286 valence electrons. The molecule has 5 fully saturated rings. The van der Waals surface area contributed by atoms with Crippen LogP contribution >= 0.6 is 0 Å². The van der Waals surface area contributed by atoms with Gasteiger partial charge in [0.25, 0.3) is 0 Å². The Morgan fingerprint density at radius 1 is 0.816 bits per heavy atom. The third-order valence-corrected chi connectivity index (χ3v) is 14.6. The molecule has 49 heavy (non-hydrogen) atoms. The molecule has 0 amide bonds. The Kier molecular flexibility index (Phi) is 12.2. The minimum Gasteiger partial charge on any atom is -0.390 e. The Morgan fingerprint density at radius 2 is 1.49 bits per heavy atom. The summed E-state index contributed by atoms with van der Waals surface area (Å²) in [5.41, 5.74) is -1.04. The number of methoxy groups -OCH3 is 1. The quantitative estimate of drug-likeness (QED) is 0.144. The van der Waals surface area contributed by atoms with Gasteiger partial charge >= 0.3 is 10.4 Å². The van der Waals surface area contributed by atoms with Crippen LogP contribution in [-0.2, 0) is 28.8 Å². The Morgan fingerprint density at radius 3 is 2.12 bits per heavy atom. The number of fused-ring (bicyclic) bond motifs is 5. The monoisotopic (exact) mass is 722 g/mol. The number of hydrogen-bond donors (Lipinski definition) is 7. The highest BCUT2D eigenvalue weighted by Gasteiger charge is 2.68. The molecule has 0 spiro atoms. The van der Waals surface area contributed by atoms with Crippen LogP contribution in [0.25, 0.3) is 0 Å². The number of rotatable bonds is 12. The van der Waals surface area contributed by atoms with E-state index in [0.717, 1.165) is 32.1 Å². The first-order valence-corrected chi connectivity index (χ1v) is 19.7. The molecular weight excluding hydrogens is 660 g/mol. The zero-order chi connectivity index (χ0) is 36.2. The molecule has 7 N–H and O–H groups in total. The van der Waals surface area contributed by atoms with Crippen LogP contribution in [-0.4, -0.2) is 119 Å². The summed E-state index contributed by atoms with van der Waals surface area (Å²) in [6.45, 7) is 11.1. The lowest BCUT2D eigenvalue weighted by molar-refractivity contribution is -0.274. The Labute approximate surface area is 291 Å². The highest BCUT2D eigenvalue weighted by Crippen LogP contribution is 2.68. The molecule has 7 unspecified atom stereocenters. The first kappa shape index (κ1) is 39.7. The van der Waals surface area contributed by atoms with Crippen molar-refractivity contribution in [1.82, 2.24) is 0 Å². The Hall–Kier alpha value is -0.490. The third-order valence-electron chi connectivity index (χ3n) is 14.1. The maximum Gasteiger partial charge on any atom is 0.397 e. The molecule has 0 aromatic heterocycles. The van der Waals surface area contributed by atoms with E-state index in [2.05, 4.69) is 27.7 Å². The van der Waals surface area contributed by atoms with E-state index < -0.39 is 82.3 Å². The molecule has 13 nitrogen and oxygen atoms in total. The van der Waals surface area contributed by atoms with Crippen molar-refractivity contribution >= 4 is 10.4 Å². The van der Waals surface area contributed by atoms with Gasteiger partial charge in [0.05, 0.1) is 43.7 Å². The summed E-state index contributed by atoms with van der Waals surface area (Å²) in [6, 6.07) is 0. The van der Waals surface area contributed by atoms with Gasteiger partial charge in [0.2, 0.25) is 0 Å². The topological polar surface area (TPSA) is 213 Å². The van der Waals surface area contributed by atoms with Crippen molar-refractivity contribution in [2.45, 2.75) is 141 Å². The maximum absolute atomic E-state index is 12.0. The van der Waals surface area contributed by atoms with Gasteiger partial charge in [-0.05, 0) is 97.2 Å². The van der Waals surface area contributed by atoms with Crippen LogP contribution in [0, 0.1) is 58.2 Å². The van der Waals surface area contributed by atoms with Gasteiger partial charge in [-0.15, -0.1) is 0 Å². The number of hydrogen-bond acceptors (Lipinski definition) is 12. The van der Waals surface area contributed by atoms with E-state index in [1.54, 1.807) is 0 Å². The lowest BCUT2D eigenvalue weighted by Gasteiger charge is -2.63. The van der Waals surface area contributed by atoms with Crippen LogP contribution in [0.5, 0.6) is 0 Å². The first-order chi connectivity index (χ1) is 22.9. The molecule has 1 heterocycles. The zero-order valence-corrected chi connectivity index (χ0v) is 30.7. The van der Waals surface area contributed by atoms with E-state index >= 15 is 0 Å². The third kappa shape index (κ3) is 7.50. The van der Waals surface area contributed by atoms with Gasteiger partial charge in [-0.2, -0.15) is 8.42 Å². The van der Waals surface area contributed by atoms with E-state index in [-0.39, 0.29) is 48.5 Å². The van der Waals surface area contributed by atoms with E-state index in [0.29, 0.717) is 25.4 Å². The average Bonchev–Trinajstić information content (AvgIpc) is 3.22. The van der Waals surface area contributed by atoms with Crippen LogP contribution in [0.15, 0.2) is 0 Å². The van der Waals surface area contributed by atoms with Crippen molar-refractivity contribution in [1.29, 1.82) is 0 Å². The van der Waals surface area contributed by atoms with E-state index in [1.807, 2.05) is 6.92 Å². The van der Waals surface area contributed by atoms with Crippen molar-refractivity contribution in [3.05, 3.63) is 0 Å². The zero-order valence-electron chi connectivity index (χ0n) is 29.9. The summed E-state index contributed by atoms with van der Waals surface area (Å²) < 4.78 is 55.6. The van der Waals surface area contributed by atoms with Crippen molar-refractivity contribution in [3.8, 4) is 0 Å². The number of aliphatic hydroxyl groups is 6. The van der Waals surface area contributed by atoms with E-state index in [9.17, 15) is 43.6 Å². The summed E-state index contributed by atoms with van der Waals surface area (Å²) in [5, 5.41) is 65.8. The van der Waals surface area contributed by atoms with Crippen molar-refractivity contribution in [3.63, 3.8) is 0 Å². The van der Waals surface area contributed by atoms with Crippen LogP contribution in [0.1, 0.15) is 86.0 Å². The second-order valence-corrected chi connectivity index (χ2v) is 18.0. The summed E-state index contributed by atoms with van der Waals surface area (Å²) in [5.74, 6) is -0.778. The van der Waals surface area contributed by atoms with Gasteiger partial charge in [0.15, 0.2) is 6.29 Å². The summed E-state index contributed by atoms with van der Waals surface area (Å²) in [4.78, 5) is 0. The minimum absolute atomic E-state index is 0.00774. The number of ether oxygens (including phenoxy) is 3. The second-order valence-electron chi connectivity index (χ2n) is 16.9. The molecular formula is C35H62O13S. The predicted octanol–water partition coefficient (Wildman–Crippen LogP) is 1.90. The van der Waals surface area contributed by atoms with Crippen molar-refractivity contribution in [2.75, 3.05) is 20.3 Å². The highest BCUT2D eigenvalue weighted by molar-refractivity contribution is 7.80. The SMILES string of the molecule is CO[C@@H]1CO[C@@H](OCC[C@H](CCC(C)C2[C@@H](O)C(O)C3[C@@H]4CC(OS(=O)(=O)O)C5[C@@H](O)[C@@H](O)CC[C@]5(C)C4CC[C@]23C)C(C)C)[C@H](O)[C@H]1O.